The minimum absolute atomic E-state index is 0.170. The SMILES string of the molecule is COc1ccc(CCCN(C)C(C)c2cccc(F)c2)cc1. The molecule has 0 bridgehead atoms. The van der Waals surface area contributed by atoms with Crippen LogP contribution in [-0.4, -0.2) is 25.6 Å². The molecular formula is C19H24FNO. The van der Waals surface area contributed by atoms with Crippen LogP contribution in [0.2, 0.25) is 0 Å². The van der Waals surface area contributed by atoms with Crippen molar-refractivity contribution >= 4 is 0 Å². The van der Waals surface area contributed by atoms with Crippen molar-refractivity contribution in [3.63, 3.8) is 0 Å². The summed E-state index contributed by atoms with van der Waals surface area (Å²) in [6, 6.07) is 15.3. The lowest BCUT2D eigenvalue weighted by molar-refractivity contribution is 0.258. The molecule has 0 aliphatic heterocycles. The van der Waals surface area contributed by atoms with E-state index < -0.39 is 0 Å². The van der Waals surface area contributed by atoms with Gasteiger partial charge in [-0.2, -0.15) is 0 Å². The molecule has 0 aliphatic carbocycles. The Bertz CT molecular complexity index is 582. The number of aryl methyl sites for hydroxylation is 1. The predicted molar refractivity (Wildman–Crippen MR) is 88.8 cm³/mol. The Kier molecular flexibility index (Phi) is 5.96. The Morgan fingerprint density at radius 2 is 1.86 bits per heavy atom. The van der Waals surface area contributed by atoms with Crippen LogP contribution in [0.1, 0.15) is 30.5 Å². The molecule has 0 N–H and O–H groups in total. The van der Waals surface area contributed by atoms with Gasteiger partial charge in [0.15, 0.2) is 0 Å². The average Bonchev–Trinajstić information content (AvgIpc) is 2.54. The summed E-state index contributed by atoms with van der Waals surface area (Å²) >= 11 is 0. The first kappa shape index (κ1) is 16.5. The van der Waals surface area contributed by atoms with Crippen molar-refractivity contribution in [2.45, 2.75) is 25.8 Å². The Morgan fingerprint density at radius 3 is 2.50 bits per heavy atom. The molecule has 3 heteroatoms. The number of hydrogen-bond donors (Lipinski definition) is 0. The highest BCUT2D eigenvalue weighted by Gasteiger charge is 2.11. The maximum absolute atomic E-state index is 13.3. The Hall–Kier alpha value is -1.87. The van der Waals surface area contributed by atoms with Crippen molar-refractivity contribution in [1.29, 1.82) is 0 Å². The topological polar surface area (TPSA) is 12.5 Å². The highest BCUT2D eigenvalue weighted by molar-refractivity contribution is 5.27. The van der Waals surface area contributed by atoms with E-state index in [2.05, 4.69) is 31.0 Å². The number of halogens is 1. The van der Waals surface area contributed by atoms with Gasteiger partial charge in [-0.25, -0.2) is 4.39 Å². The second-order valence-electron chi connectivity index (χ2n) is 5.66. The summed E-state index contributed by atoms with van der Waals surface area (Å²) in [5.41, 5.74) is 2.33. The van der Waals surface area contributed by atoms with Crippen molar-refractivity contribution in [3.8, 4) is 5.75 Å². The van der Waals surface area contributed by atoms with Gasteiger partial charge in [0.05, 0.1) is 7.11 Å². The highest BCUT2D eigenvalue weighted by Crippen LogP contribution is 2.20. The van der Waals surface area contributed by atoms with E-state index in [0.29, 0.717) is 0 Å². The standard InChI is InChI=1S/C19H24FNO/c1-15(17-7-4-8-18(20)14-17)21(2)13-5-6-16-9-11-19(22-3)12-10-16/h4,7-12,14-15H,5-6,13H2,1-3H3. The number of benzene rings is 2. The van der Waals surface area contributed by atoms with Crippen molar-refractivity contribution < 1.29 is 9.13 Å². The van der Waals surface area contributed by atoms with E-state index in [1.165, 1.54) is 11.6 Å². The molecule has 2 rings (SSSR count). The van der Waals surface area contributed by atoms with Crippen LogP contribution in [0, 0.1) is 5.82 Å². The lowest BCUT2D eigenvalue weighted by Crippen LogP contribution is -2.24. The zero-order chi connectivity index (χ0) is 15.9. The monoisotopic (exact) mass is 301 g/mol. The Balaban J connectivity index is 1.82. The van der Waals surface area contributed by atoms with Gasteiger partial charge < -0.3 is 4.74 Å². The summed E-state index contributed by atoms with van der Waals surface area (Å²) in [4.78, 5) is 2.26. The molecule has 1 atom stereocenters. The van der Waals surface area contributed by atoms with E-state index in [4.69, 9.17) is 4.74 Å². The van der Waals surface area contributed by atoms with Crippen molar-refractivity contribution in [3.05, 3.63) is 65.5 Å². The quantitative estimate of drug-likeness (QED) is 0.748. The van der Waals surface area contributed by atoms with E-state index in [0.717, 1.165) is 30.7 Å². The van der Waals surface area contributed by atoms with Crippen LogP contribution < -0.4 is 4.74 Å². The van der Waals surface area contributed by atoms with E-state index in [-0.39, 0.29) is 11.9 Å². The molecule has 0 heterocycles. The first-order valence-electron chi connectivity index (χ1n) is 7.69. The van der Waals surface area contributed by atoms with Crippen LogP contribution in [0.4, 0.5) is 4.39 Å². The van der Waals surface area contributed by atoms with Gasteiger partial charge in [0.25, 0.3) is 0 Å². The van der Waals surface area contributed by atoms with Gasteiger partial charge >= 0.3 is 0 Å². The molecule has 0 amide bonds. The maximum Gasteiger partial charge on any atom is 0.123 e. The van der Waals surface area contributed by atoms with Gasteiger partial charge in [-0.15, -0.1) is 0 Å². The first-order valence-corrected chi connectivity index (χ1v) is 7.69. The fourth-order valence-electron chi connectivity index (χ4n) is 2.54. The summed E-state index contributed by atoms with van der Waals surface area (Å²) in [5.74, 6) is 0.719. The maximum atomic E-state index is 13.3. The minimum atomic E-state index is -0.170. The van der Waals surface area contributed by atoms with Gasteiger partial charge in [-0.1, -0.05) is 24.3 Å². The fraction of sp³-hybridized carbons (Fsp3) is 0.368. The second kappa shape index (κ2) is 7.95. The van der Waals surface area contributed by atoms with Gasteiger partial charge in [-0.05, 0) is 68.8 Å². The third kappa shape index (κ3) is 4.57. The number of rotatable bonds is 7. The predicted octanol–water partition coefficient (Wildman–Crippen LogP) is 4.46. The molecule has 0 aliphatic rings. The smallest absolute Gasteiger partial charge is 0.123 e. The first-order chi connectivity index (χ1) is 10.6. The molecule has 22 heavy (non-hydrogen) atoms. The Labute approximate surface area is 132 Å². The van der Waals surface area contributed by atoms with Crippen molar-refractivity contribution in [2.24, 2.45) is 0 Å². The van der Waals surface area contributed by atoms with Crippen LogP contribution in [0.3, 0.4) is 0 Å². The molecule has 0 saturated heterocycles. The van der Waals surface area contributed by atoms with Crippen LogP contribution in [-0.2, 0) is 6.42 Å². The molecule has 0 saturated carbocycles. The normalized spacial score (nSPS) is 12.4. The molecule has 0 radical (unpaired) electrons. The molecule has 1 unspecified atom stereocenters. The second-order valence-corrected chi connectivity index (χ2v) is 5.66. The van der Waals surface area contributed by atoms with E-state index >= 15 is 0 Å². The summed E-state index contributed by atoms with van der Waals surface area (Å²) in [5, 5.41) is 0. The highest BCUT2D eigenvalue weighted by atomic mass is 19.1. The van der Waals surface area contributed by atoms with Crippen LogP contribution in [0.5, 0.6) is 5.75 Å². The number of nitrogens with zero attached hydrogens (tertiary/aromatic N) is 1. The zero-order valence-electron chi connectivity index (χ0n) is 13.6. The van der Waals surface area contributed by atoms with E-state index in [1.807, 2.05) is 18.2 Å². The fourth-order valence-corrected chi connectivity index (χ4v) is 2.54. The van der Waals surface area contributed by atoms with E-state index in [9.17, 15) is 4.39 Å². The molecule has 0 spiro atoms. The third-order valence-corrected chi connectivity index (χ3v) is 4.13. The molecule has 2 aromatic carbocycles. The van der Waals surface area contributed by atoms with Gasteiger partial charge in [-0.3, -0.25) is 4.90 Å². The molecular weight excluding hydrogens is 277 g/mol. The molecule has 2 nitrogen and oxygen atoms in total. The number of methoxy groups -OCH3 is 1. The lowest BCUT2D eigenvalue weighted by Gasteiger charge is -2.25. The summed E-state index contributed by atoms with van der Waals surface area (Å²) in [7, 11) is 3.77. The zero-order valence-corrected chi connectivity index (χ0v) is 13.6. The average molecular weight is 301 g/mol. The summed E-state index contributed by atoms with van der Waals surface area (Å²) in [6.45, 7) is 3.09. The van der Waals surface area contributed by atoms with Crippen LogP contribution >= 0.6 is 0 Å². The van der Waals surface area contributed by atoms with E-state index in [1.54, 1.807) is 19.2 Å². The molecule has 118 valence electrons. The van der Waals surface area contributed by atoms with Gasteiger partial charge in [0.2, 0.25) is 0 Å². The van der Waals surface area contributed by atoms with Gasteiger partial charge in [0.1, 0.15) is 11.6 Å². The van der Waals surface area contributed by atoms with Crippen molar-refractivity contribution in [1.82, 2.24) is 4.90 Å². The molecule has 0 aromatic heterocycles. The number of hydrogen-bond acceptors (Lipinski definition) is 2. The van der Waals surface area contributed by atoms with Crippen LogP contribution in [0.15, 0.2) is 48.5 Å². The minimum Gasteiger partial charge on any atom is -0.497 e. The summed E-state index contributed by atoms with van der Waals surface area (Å²) in [6.07, 6.45) is 2.10. The van der Waals surface area contributed by atoms with Crippen molar-refractivity contribution in [2.75, 3.05) is 20.7 Å². The Morgan fingerprint density at radius 1 is 1.14 bits per heavy atom. The largest absolute Gasteiger partial charge is 0.497 e. The number of ether oxygens (including phenoxy) is 1. The summed E-state index contributed by atoms with van der Waals surface area (Å²) < 4.78 is 18.5. The van der Waals surface area contributed by atoms with Crippen LogP contribution in [0.25, 0.3) is 0 Å². The van der Waals surface area contributed by atoms with Gasteiger partial charge in [0, 0.05) is 6.04 Å². The molecule has 0 fully saturated rings. The lowest BCUT2D eigenvalue weighted by atomic mass is 10.1. The third-order valence-electron chi connectivity index (χ3n) is 4.13. The molecule has 2 aromatic rings.